The van der Waals surface area contributed by atoms with E-state index < -0.39 is 0 Å². The van der Waals surface area contributed by atoms with Gasteiger partial charge in [-0.25, -0.2) is 0 Å². The Morgan fingerprint density at radius 1 is 1.35 bits per heavy atom. The summed E-state index contributed by atoms with van der Waals surface area (Å²) >= 11 is 1.95. The van der Waals surface area contributed by atoms with Gasteiger partial charge in [0.1, 0.15) is 0 Å². The molecule has 1 unspecified atom stereocenters. The van der Waals surface area contributed by atoms with Crippen LogP contribution in [0.3, 0.4) is 0 Å². The van der Waals surface area contributed by atoms with Crippen LogP contribution in [0, 0.1) is 5.92 Å². The second kappa shape index (κ2) is 6.25. The van der Waals surface area contributed by atoms with Gasteiger partial charge in [0.2, 0.25) is 0 Å². The molecule has 1 aliphatic rings. The second-order valence-electron chi connectivity index (χ2n) is 5.83. The van der Waals surface area contributed by atoms with E-state index in [2.05, 4.69) is 41.4 Å². The number of fused-ring (bicyclic) bond motifs is 1. The molecule has 0 spiro atoms. The van der Waals surface area contributed by atoms with Crippen molar-refractivity contribution in [2.24, 2.45) is 5.92 Å². The van der Waals surface area contributed by atoms with E-state index in [-0.39, 0.29) is 0 Å². The molecule has 0 amide bonds. The van der Waals surface area contributed by atoms with Gasteiger partial charge in [-0.15, -0.1) is 11.3 Å². The van der Waals surface area contributed by atoms with Crippen molar-refractivity contribution in [1.29, 1.82) is 0 Å². The predicted octanol–water partition coefficient (Wildman–Crippen LogP) is 3.85. The average molecular weight is 288 g/mol. The molecule has 1 saturated heterocycles. The molecule has 1 atom stereocenters. The Labute approximate surface area is 125 Å². The number of rotatable bonds is 5. The van der Waals surface area contributed by atoms with Gasteiger partial charge in [0.25, 0.3) is 0 Å². The Hall–Kier alpha value is -0.900. The molecule has 1 aromatic carbocycles. The summed E-state index contributed by atoms with van der Waals surface area (Å²) in [7, 11) is 2.04. The van der Waals surface area contributed by atoms with Crippen LogP contribution in [-0.4, -0.2) is 25.0 Å². The van der Waals surface area contributed by atoms with Crippen LogP contribution >= 0.6 is 11.3 Å². The zero-order valence-corrected chi connectivity index (χ0v) is 13.3. The first-order valence-electron chi connectivity index (χ1n) is 7.68. The number of hydrogen-bond acceptors (Lipinski definition) is 3. The van der Waals surface area contributed by atoms with Gasteiger partial charge in [0.05, 0.1) is 0 Å². The molecule has 3 heteroatoms. The number of likely N-dealkylation sites (tertiary alicyclic amines) is 1. The Morgan fingerprint density at radius 3 is 2.95 bits per heavy atom. The molecule has 0 saturated carbocycles. The molecule has 2 aromatic rings. The molecule has 0 bridgehead atoms. The van der Waals surface area contributed by atoms with Crippen LogP contribution in [-0.2, 0) is 13.1 Å². The third-order valence-corrected chi connectivity index (χ3v) is 5.66. The molecule has 0 radical (unpaired) electrons. The van der Waals surface area contributed by atoms with Crippen molar-refractivity contribution in [3.05, 3.63) is 34.7 Å². The van der Waals surface area contributed by atoms with E-state index in [4.69, 9.17) is 0 Å². The van der Waals surface area contributed by atoms with Crippen LogP contribution in [0.25, 0.3) is 10.1 Å². The minimum atomic E-state index is 0.910. The second-order valence-corrected chi connectivity index (χ2v) is 6.97. The van der Waals surface area contributed by atoms with E-state index in [1.807, 2.05) is 18.4 Å². The highest BCUT2D eigenvalue weighted by Gasteiger charge is 2.23. The summed E-state index contributed by atoms with van der Waals surface area (Å²) in [4.78, 5) is 4.15. The molecular formula is C17H24N2S. The largest absolute Gasteiger partial charge is 0.315 e. The van der Waals surface area contributed by atoms with Gasteiger partial charge in [-0.3, -0.25) is 4.90 Å². The Balaban J connectivity index is 1.87. The molecule has 108 valence electrons. The summed E-state index contributed by atoms with van der Waals surface area (Å²) in [6.45, 7) is 6.97. The van der Waals surface area contributed by atoms with Crippen LogP contribution in [0.2, 0.25) is 0 Å². The number of nitrogens with one attached hydrogen (secondary N) is 1. The molecule has 2 nitrogen and oxygen atoms in total. The topological polar surface area (TPSA) is 15.3 Å². The fraction of sp³-hybridized carbons (Fsp3) is 0.529. The molecule has 1 aliphatic heterocycles. The van der Waals surface area contributed by atoms with Gasteiger partial charge in [-0.2, -0.15) is 0 Å². The summed E-state index contributed by atoms with van der Waals surface area (Å²) in [5.74, 6) is 0.910. The van der Waals surface area contributed by atoms with Gasteiger partial charge in [-0.05, 0) is 42.9 Å². The summed E-state index contributed by atoms with van der Waals surface area (Å²) in [6.07, 6.45) is 2.70. The van der Waals surface area contributed by atoms with Crippen LogP contribution in [0.1, 0.15) is 30.2 Å². The zero-order valence-electron chi connectivity index (χ0n) is 12.5. The predicted molar refractivity (Wildman–Crippen MR) is 88.3 cm³/mol. The number of thiophene rings is 1. The maximum absolute atomic E-state index is 3.32. The SMILES string of the molecule is CCC1CCN(Cc2c(CNC)sc3ccccc23)C1. The highest BCUT2D eigenvalue weighted by Crippen LogP contribution is 2.33. The van der Waals surface area contributed by atoms with E-state index in [0.29, 0.717) is 0 Å². The van der Waals surface area contributed by atoms with E-state index in [0.717, 1.165) is 19.0 Å². The standard InChI is InChI=1S/C17H24N2S/c1-3-13-8-9-19(11-13)12-15-14-6-4-5-7-16(14)20-17(15)10-18-2/h4-7,13,18H,3,8-12H2,1-2H3. The third kappa shape index (κ3) is 2.76. The van der Waals surface area contributed by atoms with Crippen molar-refractivity contribution in [3.63, 3.8) is 0 Å². The third-order valence-electron chi connectivity index (χ3n) is 4.45. The molecular weight excluding hydrogens is 264 g/mol. The zero-order chi connectivity index (χ0) is 13.9. The van der Waals surface area contributed by atoms with Gasteiger partial charge >= 0.3 is 0 Å². The van der Waals surface area contributed by atoms with Crippen molar-refractivity contribution in [1.82, 2.24) is 10.2 Å². The quantitative estimate of drug-likeness (QED) is 0.899. The maximum Gasteiger partial charge on any atom is 0.0349 e. The highest BCUT2D eigenvalue weighted by atomic mass is 32.1. The lowest BCUT2D eigenvalue weighted by atomic mass is 10.1. The maximum atomic E-state index is 3.32. The molecule has 1 N–H and O–H groups in total. The molecule has 0 aliphatic carbocycles. The summed E-state index contributed by atoms with van der Waals surface area (Å²) in [5, 5.41) is 4.78. The van der Waals surface area contributed by atoms with Gasteiger partial charge in [0.15, 0.2) is 0 Å². The van der Waals surface area contributed by atoms with E-state index in [1.165, 1.54) is 40.9 Å². The average Bonchev–Trinajstić information content (AvgIpc) is 3.05. The van der Waals surface area contributed by atoms with E-state index in [9.17, 15) is 0 Å². The monoisotopic (exact) mass is 288 g/mol. The molecule has 3 rings (SSSR count). The number of benzene rings is 1. The van der Waals surface area contributed by atoms with Crippen LogP contribution in [0.15, 0.2) is 24.3 Å². The smallest absolute Gasteiger partial charge is 0.0349 e. The Bertz CT molecular complexity index is 575. The fourth-order valence-electron chi connectivity index (χ4n) is 3.24. The molecule has 20 heavy (non-hydrogen) atoms. The van der Waals surface area contributed by atoms with Crippen molar-refractivity contribution in [2.75, 3.05) is 20.1 Å². The minimum absolute atomic E-state index is 0.910. The van der Waals surface area contributed by atoms with Crippen molar-refractivity contribution in [3.8, 4) is 0 Å². The summed E-state index contributed by atoms with van der Waals surface area (Å²) in [5.41, 5.74) is 1.55. The molecule has 1 fully saturated rings. The minimum Gasteiger partial charge on any atom is -0.315 e. The lowest BCUT2D eigenvalue weighted by Crippen LogP contribution is -2.21. The highest BCUT2D eigenvalue weighted by molar-refractivity contribution is 7.19. The Morgan fingerprint density at radius 2 is 2.20 bits per heavy atom. The summed E-state index contributed by atoms with van der Waals surface area (Å²) < 4.78 is 1.43. The van der Waals surface area contributed by atoms with Crippen molar-refractivity contribution < 1.29 is 0 Å². The van der Waals surface area contributed by atoms with Crippen LogP contribution in [0.5, 0.6) is 0 Å². The van der Waals surface area contributed by atoms with E-state index in [1.54, 1.807) is 5.56 Å². The fourth-order valence-corrected chi connectivity index (χ4v) is 4.47. The van der Waals surface area contributed by atoms with Gasteiger partial charge < -0.3 is 5.32 Å². The normalized spacial score (nSPS) is 20.0. The lowest BCUT2D eigenvalue weighted by Gasteiger charge is -2.16. The lowest BCUT2D eigenvalue weighted by molar-refractivity contribution is 0.315. The first kappa shape index (κ1) is 14.1. The van der Waals surface area contributed by atoms with Crippen molar-refractivity contribution >= 4 is 21.4 Å². The summed E-state index contributed by atoms with van der Waals surface area (Å²) in [6, 6.07) is 8.85. The first-order chi connectivity index (χ1) is 9.81. The molecule has 2 heterocycles. The first-order valence-corrected chi connectivity index (χ1v) is 8.49. The Kier molecular flexibility index (Phi) is 4.39. The number of nitrogens with zero attached hydrogens (tertiary/aromatic N) is 1. The number of hydrogen-bond donors (Lipinski definition) is 1. The van der Waals surface area contributed by atoms with Crippen molar-refractivity contribution in [2.45, 2.75) is 32.9 Å². The molecule has 1 aromatic heterocycles. The van der Waals surface area contributed by atoms with Gasteiger partial charge in [0, 0.05) is 29.2 Å². The van der Waals surface area contributed by atoms with Crippen LogP contribution < -0.4 is 5.32 Å². The van der Waals surface area contributed by atoms with Crippen LogP contribution in [0.4, 0.5) is 0 Å². The van der Waals surface area contributed by atoms with E-state index >= 15 is 0 Å². The van der Waals surface area contributed by atoms with Gasteiger partial charge in [-0.1, -0.05) is 31.5 Å².